The lowest BCUT2D eigenvalue weighted by molar-refractivity contribution is -0.117. The fourth-order valence-corrected chi connectivity index (χ4v) is 1.93. The van der Waals surface area contributed by atoms with Crippen molar-refractivity contribution in [2.75, 3.05) is 0 Å². The number of aromatic nitrogens is 1. The first-order chi connectivity index (χ1) is 8.79. The summed E-state index contributed by atoms with van der Waals surface area (Å²) in [4.78, 5) is 15.9. The minimum atomic E-state index is 0.196. The summed E-state index contributed by atoms with van der Waals surface area (Å²) in [6.45, 7) is 0.471. The molecule has 3 heteroatoms. The van der Waals surface area contributed by atoms with Crippen molar-refractivity contribution in [2.24, 2.45) is 5.73 Å². The number of nitrogens with zero attached hydrogens (tertiary/aromatic N) is 1. The first-order valence-electron chi connectivity index (χ1n) is 5.97. The molecule has 1 aromatic carbocycles. The number of carbonyl (C=O) groups is 1. The molecule has 2 rings (SSSR count). The number of nitrogens with two attached hydrogens (primary N) is 1. The molecule has 0 radical (unpaired) electrons. The normalized spacial score (nSPS) is 10.3. The quantitative estimate of drug-likeness (QED) is 0.868. The molecule has 0 aliphatic carbocycles. The Morgan fingerprint density at radius 1 is 1.00 bits per heavy atom. The SMILES string of the molecule is NCc1ccccc1CC(=O)Cc1ccncc1. The van der Waals surface area contributed by atoms with Gasteiger partial charge < -0.3 is 5.73 Å². The standard InChI is InChI=1S/C15H16N2O/c16-11-14-4-2-1-3-13(14)10-15(18)9-12-5-7-17-8-6-12/h1-8H,9-11,16H2. The van der Waals surface area contributed by atoms with Crippen molar-refractivity contribution < 1.29 is 4.79 Å². The van der Waals surface area contributed by atoms with Crippen LogP contribution >= 0.6 is 0 Å². The molecular formula is C15H16N2O. The summed E-state index contributed by atoms with van der Waals surface area (Å²) in [6.07, 6.45) is 4.30. The lowest BCUT2D eigenvalue weighted by Crippen LogP contribution is -2.10. The first-order valence-corrected chi connectivity index (χ1v) is 5.97. The Balaban J connectivity index is 2.03. The first kappa shape index (κ1) is 12.5. The van der Waals surface area contributed by atoms with E-state index in [0.717, 1.165) is 16.7 Å². The minimum Gasteiger partial charge on any atom is -0.326 e. The number of rotatable bonds is 5. The van der Waals surface area contributed by atoms with Gasteiger partial charge in [0, 0.05) is 31.8 Å². The van der Waals surface area contributed by atoms with Crippen molar-refractivity contribution in [2.45, 2.75) is 19.4 Å². The topological polar surface area (TPSA) is 56.0 Å². The maximum Gasteiger partial charge on any atom is 0.141 e. The van der Waals surface area contributed by atoms with Gasteiger partial charge in [0.15, 0.2) is 0 Å². The van der Waals surface area contributed by atoms with Crippen molar-refractivity contribution >= 4 is 5.78 Å². The Kier molecular flexibility index (Phi) is 4.20. The third-order valence-corrected chi connectivity index (χ3v) is 2.88. The number of carbonyl (C=O) groups excluding carboxylic acids is 1. The Labute approximate surface area is 107 Å². The molecule has 1 aromatic heterocycles. The summed E-state index contributed by atoms with van der Waals surface area (Å²) >= 11 is 0. The highest BCUT2D eigenvalue weighted by Crippen LogP contribution is 2.10. The maximum atomic E-state index is 12.0. The van der Waals surface area contributed by atoms with Crippen molar-refractivity contribution in [1.82, 2.24) is 4.98 Å². The van der Waals surface area contributed by atoms with E-state index in [9.17, 15) is 4.79 Å². The zero-order valence-electron chi connectivity index (χ0n) is 10.2. The van der Waals surface area contributed by atoms with Gasteiger partial charge in [-0.25, -0.2) is 0 Å². The van der Waals surface area contributed by atoms with Crippen LogP contribution in [-0.2, 0) is 24.2 Å². The number of hydrogen-bond acceptors (Lipinski definition) is 3. The molecule has 0 saturated carbocycles. The van der Waals surface area contributed by atoms with Crippen molar-refractivity contribution in [1.29, 1.82) is 0 Å². The molecule has 0 atom stereocenters. The number of pyridine rings is 1. The van der Waals surface area contributed by atoms with Crippen LogP contribution in [-0.4, -0.2) is 10.8 Å². The molecule has 2 aromatic rings. The monoisotopic (exact) mass is 240 g/mol. The highest BCUT2D eigenvalue weighted by molar-refractivity contribution is 5.83. The molecule has 1 heterocycles. The second-order valence-electron chi connectivity index (χ2n) is 4.22. The fraction of sp³-hybridized carbons (Fsp3) is 0.200. The van der Waals surface area contributed by atoms with Crippen LogP contribution in [0, 0.1) is 0 Å². The molecule has 3 nitrogen and oxygen atoms in total. The molecule has 18 heavy (non-hydrogen) atoms. The highest BCUT2D eigenvalue weighted by atomic mass is 16.1. The van der Waals surface area contributed by atoms with Gasteiger partial charge in [0.25, 0.3) is 0 Å². The van der Waals surface area contributed by atoms with Crippen molar-refractivity contribution in [3.63, 3.8) is 0 Å². The molecular weight excluding hydrogens is 224 g/mol. The molecule has 2 N–H and O–H groups in total. The summed E-state index contributed by atoms with van der Waals surface area (Å²) in [5.41, 5.74) is 8.73. The van der Waals surface area contributed by atoms with E-state index in [0.29, 0.717) is 19.4 Å². The van der Waals surface area contributed by atoms with E-state index in [1.54, 1.807) is 12.4 Å². The van der Waals surface area contributed by atoms with Gasteiger partial charge in [0.1, 0.15) is 5.78 Å². The van der Waals surface area contributed by atoms with Crippen LogP contribution in [0.1, 0.15) is 16.7 Å². The van der Waals surface area contributed by atoms with E-state index in [4.69, 9.17) is 5.73 Å². The third kappa shape index (κ3) is 3.25. The van der Waals surface area contributed by atoms with Gasteiger partial charge in [0.2, 0.25) is 0 Å². The van der Waals surface area contributed by atoms with E-state index in [1.165, 1.54) is 0 Å². The molecule has 0 aliphatic heterocycles. The highest BCUT2D eigenvalue weighted by Gasteiger charge is 2.07. The molecule has 0 amide bonds. The van der Waals surface area contributed by atoms with E-state index in [2.05, 4.69) is 4.98 Å². The number of hydrogen-bond donors (Lipinski definition) is 1. The largest absolute Gasteiger partial charge is 0.326 e. The lowest BCUT2D eigenvalue weighted by atomic mass is 9.99. The van der Waals surface area contributed by atoms with E-state index in [1.807, 2.05) is 36.4 Å². The average molecular weight is 240 g/mol. The molecule has 0 unspecified atom stereocenters. The Bertz CT molecular complexity index is 523. The van der Waals surface area contributed by atoms with Crippen LogP contribution in [0.5, 0.6) is 0 Å². The molecule has 0 spiro atoms. The van der Waals surface area contributed by atoms with Gasteiger partial charge in [-0.15, -0.1) is 0 Å². The van der Waals surface area contributed by atoms with Crippen LogP contribution in [0.25, 0.3) is 0 Å². The molecule has 0 aliphatic rings. The Hall–Kier alpha value is -2.00. The van der Waals surface area contributed by atoms with Crippen LogP contribution in [0.3, 0.4) is 0 Å². The van der Waals surface area contributed by atoms with Gasteiger partial charge in [-0.05, 0) is 28.8 Å². The van der Waals surface area contributed by atoms with Crippen molar-refractivity contribution in [3.8, 4) is 0 Å². The van der Waals surface area contributed by atoms with Gasteiger partial charge >= 0.3 is 0 Å². The average Bonchev–Trinajstić information content (AvgIpc) is 2.40. The predicted molar refractivity (Wildman–Crippen MR) is 71.0 cm³/mol. The summed E-state index contributed by atoms with van der Waals surface area (Å²) < 4.78 is 0. The van der Waals surface area contributed by atoms with Gasteiger partial charge in [-0.2, -0.15) is 0 Å². The van der Waals surface area contributed by atoms with Gasteiger partial charge in [0.05, 0.1) is 0 Å². The summed E-state index contributed by atoms with van der Waals surface area (Å²) in [5, 5.41) is 0. The second-order valence-corrected chi connectivity index (χ2v) is 4.22. The lowest BCUT2D eigenvalue weighted by Gasteiger charge is -2.06. The molecule has 92 valence electrons. The number of Topliss-reactive ketones (excluding diaryl/α,β-unsaturated/α-hetero) is 1. The molecule has 0 bridgehead atoms. The number of benzene rings is 1. The van der Waals surface area contributed by atoms with E-state index < -0.39 is 0 Å². The summed E-state index contributed by atoms with van der Waals surface area (Å²) in [5.74, 6) is 0.196. The van der Waals surface area contributed by atoms with Gasteiger partial charge in [-0.3, -0.25) is 9.78 Å². The number of ketones is 1. The summed E-state index contributed by atoms with van der Waals surface area (Å²) in [7, 11) is 0. The fourth-order valence-electron chi connectivity index (χ4n) is 1.93. The third-order valence-electron chi connectivity index (χ3n) is 2.88. The maximum absolute atomic E-state index is 12.0. The van der Waals surface area contributed by atoms with E-state index in [-0.39, 0.29) is 5.78 Å². The minimum absolute atomic E-state index is 0.196. The van der Waals surface area contributed by atoms with E-state index >= 15 is 0 Å². The Morgan fingerprint density at radius 2 is 1.67 bits per heavy atom. The van der Waals surface area contributed by atoms with Gasteiger partial charge in [-0.1, -0.05) is 24.3 Å². The summed E-state index contributed by atoms with van der Waals surface area (Å²) in [6, 6.07) is 11.6. The van der Waals surface area contributed by atoms with Crippen LogP contribution in [0.15, 0.2) is 48.8 Å². The van der Waals surface area contributed by atoms with Crippen LogP contribution < -0.4 is 5.73 Å². The van der Waals surface area contributed by atoms with Crippen LogP contribution in [0.4, 0.5) is 0 Å². The second kappa shape index (κ2) is 6.07. The smallest absolute Gasteiger partial charge is 0.141 e. The van der Waals surface area contributed by atoms with Crippen molar-refractivity contribution in [3.05, 3.63) is 65.5 Å². The zero-order chi connectivity index (χ0) is 12.8. The molecule has 0 fully saturated rings. The zero-order valence-corrected chi connectivity index (χ0v) is 10.2. The molecule has 0 saturated heterocycles. The Morgan fingerprint density at radius 3 is 2.33 bits per heavy atom. The van der Waals surface area contributed by atoms with Crippen LogP contribution in [0.2, 0.25) is 0 Å². The predicted octanol–water partition coefficient (Wildman–Crippen LogP) is 1.89.